The minimum absolute atomic E-state index is 0.136. The van der Waals surface area contributed by atoms with Crippen LogP contribution in [0.4, 0.5) is 0 Å². The Balaban J connectivity index is 2.61. The third-order valence-electron chi connectivity index (χ3n) is 2.58. The van der Waals surface area contributed by atoms with Gasteiger partial charge < -0.3 is 10.1 Å². The molecule has 0 aliphatic carbocycles. The summed E-state index contributed by atoms with van der Waals surface area (Å²) in [7, 11) is 0. The Morgan fingerprint density at radius 1 is 1.47 bits per heavy atom. The highest BCUT2D eigenvalue weighted by Gasteiger charge is 2.13. The lowest BCUT2D eigenvalue weighted by atomic mass is 10.1. The van der Waals surface area contributed by atoms with Crippen LogP contribution in [0.3, 0.4) is 0 Å². The number of benzene rings is 1. The van der Waals surface area contributed by atoms with Gasteiger partial charge in [-0.15, -0.1) is 6.58 Å². The van der Waals surface area contributed by atoms with Crippen LogP contribution in [0.2, 0.25) is 0 Å². The summed E-state index contributed by atoms with van der Waals surface area (Å²) in [6.07, 6.45) is 1.14. The maximum absolute atomic E-state index is 11.6. The molecule has 0 fully saturated rings. The van der Waals surface area contributed by atoms with Crippen LogP contribution in [0, 0.1) is 13.8 Å². The zero-order chi connectivity index (χ0) is 12.8. The summed E-state index contributed by atoms with van der Waals surface area (Å²) >= 11 is 0. The summed E-state index contributed by atoms with van der Waals surface area (Å²) in [4.78, 5) is 11.6. The lowest BCUT2D eigenvalue weighted by Crippen LogP contribution is -2.36. The molecule has 1 rings (SSSR count). The van der Waals surface area contributed by atoms with E-state index in [1.54, 1.807) is 13.0 Å². The first-order valence-electron chi connectivity index (χ1n) is 5.67. The first-order chi connectivity index (χ1) is 8.04. The number of aryl methyl sites for hydroxylation is 2. The molecule has 0 saturated carbocycles. The van der Waals surface area contributed by atoms with Gasteiger partial charge in [0.2, 0.25) is 0 Å². The molecule has 0 radical (unpaired) electrons. The van der Waals surface area contributed by atoms with Gasteiger partial charge >= 0.3 is 0 Å². The standard InChI is InChI=1S/C14H19NO2/c1-5-8-15-14(16)12(4)17-13-7-6-10(2)11(3)9-13/h5-7,9,12H,1,8H2,2-4H3,(H,15,16)/t12-/m1/s1. The third-order valence-corrected chi connectivity index (χ3v) is 2.58. The zero-order valence-corrected chi connectivity index (χ0v) is 10.6. The van der Waals surface area contributed by atoms with Crippen LogP contribution in [-0.4, -0.2) is 18.6 Å². The van der Waals surface area contributed by atoms with Crippen LogP contribution in [-0.2, 0) is 4.79 Å². The molecule has 3 nitrogen and oxygen atoms in total. The maximum atomic E-state index is 11.6. The SMILES string of the molecule is C=CCNC(=O)[C@@H](C)Oc1ccc(C)c(C)c1. The summed E-state index contributed by atoms with van der Waals surface area (Å²) in [6, 6.07) is 5.80. The van der Waals surface area contributed by atoms with Crippen molar-refractivity contribution in [3.63, 3.8) is 0 Å². The third kappa shape index (κ3) is 3.94. The minimum Gasteiger partial charge on any atom is -0.481 e. The molecule has 0 saturated heterocycles. The summed E-state index contributed by atoms with van der Waals surface area (Å²) < 4.78 is 5.56. The number of hydrogen-bond acceptors (Lipinski definition) is 2. The molecule has 0 spiro atoms. The van der Waals surface area contributed by atoms with E-state index in [0.717, 1.165) is 5.56 Å². The van der Waals surface area contributed by atoms with E-state index < -0.39 is 6.10 Å². The summed E-state index contributed by atoms with van der Waals surface area (Å²) in [5.74, 6) is 0.581. The zero-order valence-electron chi connectivity index (χ0n) is 10.6. The molecule has 1 N–H and O–H groups in total. The Hall–Kier alpha value is -1.77. The van der Waals surface area contributed by atoms with E-state index in [1.165, 1.54) is 5.56 Å². The van der Waals surface area contributed by atoms with Gasteiger partial charge in [0.25, 0.3) is 5.91 Å². The van der Waals surface area contributed by atoms with Crippen molar-refractivity contribution in [3.05, 3.63) is 42.0 Å². The van der Waals surface area contributed by atoms with E-state index in [4.69, 9.17) is 4.74 Å². The lowest BCUT2D eigenvalue weighted by Gasteiger charge is -2.14. The molecule has 0 aliphatic heterocycles. The van der Waals surface area contributed by atoms with E-state index >= 15 is 0 Å². The van der Waals surface area contributed by atoms with E-state index in [-0.39, 0.29) is 5.91 Å². The van der Waals surface area contributed by atoms with Crippen LogP contribution >= 0.6 is 0 Å². The summed E-state index contributed by atoms with van der Waals surface area (Å²) in [6.45, 7) is 9.79. The smallest absolute Gasteiger partial charge is 0.261 e. The van der Waals surface area contributed by atoms with Gasteiger partial charge in [-0.05, 0) is 44.0 Å². The molecular weight excluding hydrogens is 214 g/mol. The highest BCUT2D eigenvalue weighted by molar-refractivity contribution is 5.80. The molecule has 1 amide bonds. The highest BCUT2D eigenvalue weighted by atomic mass is 16.5. The first kappa shape index (κ1) is 13.3. The Kier molecular flexibility index (Phi) is 4.76. The first-order valence-corrected chi connectivity index (χ1v) is 5.67. The number of carbonyl (C=O) groups excluding carboxylic acids is 1. The van der Waals surface area contributed by atoms with Crippen LogP contribution in [0.15, 0.2) is 30.9 Å². The topological polar surface area (TPSA) is 38.3 Å². The second-order valence-electron chi connectivity index (χ2n) is 4.04. The van der Waals surface area contributed by atoms with Crippen molar-refractivity contribution in [1.82, 2.24) is 5.32 Å². The van der Waals surface area contributed by atoms with Crippen molar-refractivity contribution >= 4 is 5.91 Å². The summed E-state index contributed by atoms with van der Waals surface area (Å²) in [5.41, 5.74) is 2.36. The van der Waals surface area contributed by atoms with Crippen molar-refractivity contribution < 1.29 is 9.53 Å². The monoisotopic (exact) mass is 233 g/mol. The van der Waals surface area contributed by atoms with Gasteiger partial charge in [0, 0.05) is 6.54 Å². The van der Waals surface area contributed by atoms with Crippen molar-refractivity contribution in [3.8, 4) is 5.75 Å². The van der Waals surface area contributed by atoms with Gasteiger partial charge in [0.05, 0.1) is 0 Å². The van der Waals surface area contributed by atoms with Gasteiger partial charge in [-0.1, -0.05) is 12.1 Å². The molecule has 0 aliphatic rings. The molecule has 0 unspecified atom stereocenters. The van der Waals surface area contributed by atoms with Crippen molar-refractivity contribution in [2.24, 2.45) is 0 Å². The Labute approximate surface area is 102 Å². The normalized spacial score (nSPS) is 11.7. The van der Waals surface area contributed by atoms with Crippen LogP contribution in [0.1, 0.15) is 18.1 Å². The predicted octanol–water partition coefficient (Wildman–Crippen LogP) is 2.37. The van der Waals surface area contributed by atoms with Crippen molar-refractivity contribution in [2.45, 2.75) is 26.9 Å². The molecule has 1 atom stereocenters. The number of carbonyl (C=O) groups is 1. The van der Waals surface area contributed by atoms with Crippen molar-refractivity contribution in [2.75, 3.05) is 6.54 Å². The molecule has 17 heavy (non-hydrogen) atoms. The largest absolute Gasteiger partial charge is 0.481 e. The maximum Gasteiger partial charge on any atom is 0.261 e. The van der Waals surface area contributed by atoms with Gasteiger partial charge in [0.15, 0.2) is 6.10 Å². The Morgan fingerprint density at radius 3 is 2.76 bits per heavy atom. The fraction of sp³-hybridized carbons (Fsp3) is 0.357. The molecular formula is C14H19NO2. The van der Waals surface area contributed by atoms with E-state index in [0.29, 0.717) is 12.3 Å². The number of rotatable bonds is 5. The molecule has 0 bridgehead atoms. The molecule has 0 heterocycles. The Morgan fingerprint density at radius 2 is 2.18 bits per heavy atom. The Bertz CT molecular complexity index is 413. The molecule has 3 heteroatoms. The average Bonchev–Trinajstić information content (AvgIpc) is 2.30. The number of hydrogen-bond donors (Lipinski definition) is 1. The molecule has 1 aromatic rings. The fourth-order valence-corrected chi connectivity index (χ4v) is 1.36. The number of ether oxygens (including phenoxy) is 1. The van der Waals surface area contributed by atoms with Gasteiger partial charge in [0.1, 0.15) is 5.75 Å². The van der Waals surface area contributed by atoms with Crippen LogP contribution in [0.5, 0.6) is 5.75 Å². The van der Waals surface area contributed by atoms with E-state index in [1.807, 2.05) is 32.0 Å². The number of nitrogens with one attached hydrogen (secondary N) is 1. The fourth-order valence-electron chi connectivity index (χ4n) is 1.36. The lowest BCUT2D eigenvalue weighted by molar-refractivity contribution is -0.127. The van der Waals surface area contributed by atoms with Crippen molar-refractivity contribution in [1.29, 1.82) is 0 Å². The second kappa shape index (κ2) is 6.09. The van der Waals surface area contributed by atoms with Gasteiger partial charge in [-0.25, -0.2) is 0 Å². The molecule has 0 aromatic heterocycles. The average molecular weight is 233 g/mol. The van der Waals surface area contributed by atoms with E-state index in [2.05, 4.69) is 11.9 Å². The highest BCUT2D eigenvalue weighted by Crippen LogP contribution is 2.17. The van der Waals surface area contributed by atoms with Gasteiger partial charge in [-0.2, -0.15) is 0 Å². The molecule has 92 valence electrons. The van der Waals surface area contributed by atoms with Crippen LogP contribution < -0.4 is 10.1 Å². The van der Waals surface area contributed by atoms with Crippen LogP contribution in [0.25, 0.3) is 0 Å². The van der Waals surface area contributed by atoms with Gasteiger partial charge in [-0.3, -0.25) is 4.79 Å². The quantitative estimate of drug-likeness (QED) is 0.793. The summed E-state index contributed by atoms with van der Waals surface area (Å²) in [5, 5.41) is 2.70. The predicted molar refractivity (Wildman–Crippen MR) is 69.2 cm³/mol. The van der Waals surface area contributed by atoms with E-state index in [9.17, 15) is 4.79 Å². The number of amides is 1. The minimum atomic E-state index is -0.503. The second-order valence-corrected chi connectivity index (χ2v) is 4.04. The molecule has 1 aromatic carbocycles.